The number of carbonyl (C=O) groups is 1. The lowest BCUT2D eigenvalue weighted by Crippen LogP contribution is -2.29. The van der Waals surface area contributed by atoms with Crippen LogP contribution in [-0.2, 0) is 4.79 Å². The van der Waals surface area contributed by atoms with Crippen LogP contribution in [0.2, 0.25) is 5.02 Å². The van der Waals surface area contributed by atoms with Gasteiger partial charge in [0, 0.05) is 43.0 Å². The lowest BCUT2D eigenvalue weighted by molar-refractivity contribution is -0.111. The summed E-state index contributed by atoms with van der Waals surface area (Å²) in [6, 6.07) is 12.9. The van der Waals surface area contributed by atoms with E-state index < -0.39 is 0 Å². The SMILES string of the molecule is C=CC(=O)Nc1cc(Nc2nccc(-c3nnc(-c4ccc(Cl)cc4)s3)n2)c(OC)cc1N(C)CCN(C)C. The summed E-state index contributed by atoms with van der Waals surface area (Å²) in [6.45, 7) is 5.14. The molecule has 0 saturated heterocycles. The first-order valence-electron chi connectivity index (χ1n) is 12.0. The van der Waals surface area contributed by atoms with Crippen LogP contribution in [0.5, 0.6) is 5.75 Å². The number of rotatable bonds is 11. The number of halogens is 1. The third-order valence-corrected chi connectivity index (χ3v) is 6.94. The fourth-order valence-corrected chi connectivity index (χ4v) is 4.54. The highest BCUT2D eigenvalue weighted by Gasteiger charge is 2.17. The average molecular weight is 565 g/mol. The molecule has 0 fully saturated rings. The Kier molecular flexibility index (Phi) is 9.07. The highest BCUT2D eigenvalue weighted by molar-refractivity contribution is 7.17. The van der Waals surface area contributed by atoms with Gasteiger partial charge in [-0.05, 0) is 44.4 Å². The summed E-state index contributed by atoms with van der Waals surface area (Å²) in [4.78, 5) is 25.4. The normalized spacial score (nSPS) is 10.8. The molecule has 0 aliphatic rings. The summed E-state index contributed by atoms with van der Waals surface area (Å²) < 4.78 is 5.68. The zero-order valence-electron chi connectivity index (χ0n) is 22.1. The van der Waals surface area contributed by atoms with Gasteiger partial charge in [-0.15, -0.1) is 10.2 Å². The Morgan fingerprint density at radius 2 is 1.82 bits per heavy atom. The monoisotopic (exact) mass is 564 g/mol. The summed E-state index contributed by atoms with van der Waals surface area (Å²) in [5.41, 5.74) is 3.51. The maximum absolute atomic E-state index is 12.2. The minimum atomic E-state index is -0.320. The van der Waals surface area contributed by atoms with E-state index in [0.717, 1.165) is 29.3 Å². The van der Waals surface area contributed by atoms with Gasteiger partial charge in [0.25, 0.3) is 0 Å². The maximum atomic E-state index is 12.2. The zero-order chi connectivity index (χ0) is 27.9. The van der Waals surface area contributed by atoms with Crippen molar-refractivity contribution in [3.63, 3.8) is 0 Å². The van der Waals surface area contributed by atoms with Gasteiger partial charge in [-0.3, -0.25) is 4.79 Å². The topological polar surface area (TPSA) is 108 Å². The first kappa shape index (κ1) is 28.0. The number of aromatic nitrogens is 4. The van der Waals surface area contributed by atoms with Gasteiger partial charge in [0.15, 0.2) is 5.01 Å². The molecular formula is C27H29ClN8O2S. The number of benzene rings is 2. The molecule has 0 bridgehead atoms. The quantitative estimate of drug-likeness (QED) is 0.238. The van der Waals surface area contributed by atoms with Gasteiger partial charge >= 0.3 is 0 Å². The molecule has 2 aromatic heterocycles. The number of likely N-dealkylation sites (N-methyl/N-ethyl adjacent to an activating group) is 2. The Bertz CT molecular complexity index is 1460. The maximum Gasteiger partial charge on any atom is 0.247 e. The molecule has 0 atom stereocenters. The summed E-state index contributed by atoms with van der Waals surface area (Å²) in [5, 5.41) is 16.8. The van der Waals surface area contributed by atoms with Crippen LogP contribution in [-0.4, -0.2) is 72.3 Å². The van der Waals surface area contributed by atoms with Crippen molar-refractivity contribution < 1.29 is 9.53 Å². The number of nitrogens with one attached hydrogen (secondary N) is 2. The van der Waals surface area contributed by atoms with Crippen LogP contribution in [0.4, 0.5) is 23.0 Å². The fourth-order valence-electron chi connectivity index (χ4n) is 3.60. The number of hydrogen-bond donors (Lipinski definition) is 2. The molecule has 2 N–H and O–H groups in total. The molecule has 0 radical (unpaired) electrons. The summed E-state index contributed by atoms with van der Waals surface area (Å²) in [6.07, 6.45) is 2.87. The highest BCUT2D eigenvalue weighted by Crippen LogP contribution is 2.38. The van der Waals surface area contributed by atoms with Gasteiger partial charge in [0.2, 0.25) is 11.9 Å². The number of ether oxygens (including phenoxy) is 1. The highest BCUT2D eigenvalue weighted by atomic mass is 35.5. The predicted octanol–water partition coefficient (Wildman–Crippen LogP) is 5.19. The molecule has 10 nitrogen and oxygen atoms in total. The molecule has 39 heavy (non-hydrogen) atoms. The van der Waals surface area contributed by atoms with Gasteiger partial charge in [0.1, 0.15) is 16.5 Å². The first-order chi connectivity index (χ1) is 18.8. The average Bonchev–Trinajstić information content (AvgIpc) is 3.43. The van der Waals surface area contributed by atoms with E-state index in [1.165, 1.54) is 17.4 Å². The third kappa shape index (κ3) is 7.08. The molecule has 4 aromatic rings. The second-order valence-electron chi connectivity index (χ2n) is 8.80. The van der Waals surface area contributed by atoms with Crippen molar-refractivity contribution in [3.05, 3.63) is 66.3 Å². The molecule has 0 spiro atoms. The predicted molar refractivity (Wildman–Crippen MR) is 158 cm³/mol. The van der Waals surface area contributed by atoms with E-state index in [1.807, 2.05) is 51.5 Å². The number of nitrogens with zero attached hydrogens (tertiary/aromatic N) is 6. The van der Waals surface area contributed by atoms with E-state index in [1.54, 1.807) is 25.4 Å². The van der Waals surface area contributed by atoms with Crippen LogP contribution in [0.3, 0.4) is 0 Å². The Morgan fingerprint density at radius 1 is 1.08 bits per heavy atom. The number of methoxy groups -OCH3 is 1. The second-order valence-corrected chi connectivity index (χ2v) is 10.2. The molecule has 0 aliphatic heterocycles. The minimum absolute atomic E-state index is 0.320. The van der Waals surface area contributed by atoms with Crippen LogP contribution in [0, 0.1) is 0 Å². The van der Waals surface area contributed by atoms with Gasteiger partial charge in [0.05, 0.1) is 24.2 Å². The van der Waals surface area contributed by atoms with Crippen molar-refractivity contribution in [2.75, 3.05) is 56.9 Å². The Balaban J connectivity index is 1.63. The van der Waals surface area contributed by atoms with E-state index in [0.29, 0.717) is 38.8 Å². The summed E-state index contributed by atoms with van der Waals surface area (Å²) in [5.74, 6) is 0.580. The van der Waals surface area contributed by atoms with Crippen LogP contribution >= 0.6 is 22.9 Å². The van der Waals surface area contributed by atoms with E-state index in [4.69, 9.17) is 16.3 Å². The van der Waals surface area contributed by atoms with Gasteiger partial charge in [-0.25, -0.2) is 9.97 Å². The molecule has 2 aromatic carbocycles. The lowest BCUT2D eigenvalue weighted by atomic mass is 10.2. The second kappa shape index (κ2) is 12.7. The van der Waals surface area contributed by atoms with Crippen LogP contribution in [0.15, 0.2) is 61.3 Å². The van der Waals surface area contributed by atoms with Crippen LogP contribution in [0.1, 0.15) is 0 Å². The zero-order valence-corrected chi connectivity index (χ0v) is 23.7. The standard InChI is InChI=1S/C27H29ClN8O2S/c1-6-24(37)30-20-15-21(23(38-5)16-22(20)36(4)14-13-35(2)3)32-27-29-12-11-19(31-27)26-34-33-25(39-26)17-7-9-18(28)10-8-17/h6-12,15-16H,1,13-14H2,2-5H3,(H,30,37)(H,29,31,32). The molecule has 1 amide bonds. The molecule has 0 saturated carbocycles. The van der Waals surface area contributed by atoms with E-state index in [2.05, 4.69) is 47.2 Å². The van der Waals surface area contributed by atoms with Crippen molar-refractivity contribution in [2.24, 2.45) is 0 Å². The lowest BCUT2D eigenvalue weighted by Gasteiger charge is -2.26. The number of amides is 1. The molecule has 12 heteroatoms. The smallest absolute Gasteiger partial charge is 0.247 e. The van der Waals surface area contributed by atoms with E-state index in [9.17, 15) is 4.79 Å². The van der Waals surface area contributed by atoms with Gasteiger partial charge in [-0.1, -0.05) is 41.6 Å². The van der Waals surface area contributed by atoms with Crippen LogP contribution < -0.4 is 20.3 Å². The largest absolute Gasteiger partial charge is 0.494 e. The van der Waals surface area contributed by atoms with Gasteiger partial charge in [-0.2, -0.15) is 0 Å². The Labute approximate surface area is 236 Å². The summed E-state index contributed by atoms with van der Waals surface area (Å²) in [7, 11) is 7.57. The minimum Gasteiger partial charge on any atom is -0.494 e. The van der Waals surface area contributed by atoms with Crippen molar-refractivity contribution in [2.45, 2.75) is 0 Å². The molecule has 202 valence electrons. The Hall–Kier alpha value is -4.06. The van der Waals surface area contributed by atoms with Crippen molar-refractivity contribution >= 4 is 51.9 Å². The van der Waals surface area contributed by atoms with Crippen molar-refractivity contribution in [3.8, 4) is 27.0 Å². The number of anilines is 4. The molecule has 0 unspecified atom stereocenters. The molecule has 2 heterocycles. The van der Waals surface area contributed by atoms with Crippen molar-refractivity contribution in [1.82, 2.24) is 25.1 Å². The number of hydrogen-bond acceptors (Lipinski definition) is 10. The first-order valence-corrected chi connectivity index (χ1v) is 13.2. The molecule has 4 rings (SSSR count). The van der Waals surface area contributed by atoms with Gasteiger partial charge < -0.3 is 25.2 Å². The van der Waals surface area contributed by atoms with E-state index in [-0.39, 0.29) is 5.91 Å². The molecular weight excluding hydrogens is 536 g/mol. The van der Waals surface area contributed by atoms with Crippen molar-refractivity contribution in [1.29, 1.82) is 0 Å². The third-order valence-electron chi connectivity index (χ3n) is 5.69. The van der Waals surface area contributed by atoms with E-state index >= 15 is 0 Å². The Morgan fingerprint density at radius 3 is 2.51 bits per heavy atom. The van der Waals surface area contributed by atoms with Crippen LogP contribution in [0.25, 0.3) is 21.3 Å². The number of carbonyl (C=O) groups excluding carboxylic acids is 1. The fraction of sp³-hybridized carbons (Fsp3) is 0.222. The summed E-state index contributed by atoms with van der Waals surface area (Å²) >= 11 is 7.42. The molecule has 0 aliphatic carbocycles.